The van der Waals surface area contributed by atoms with E-state index >= 15 is 0 Å². The Labute approximate surface area is 192 Å². The molecule has 8 heteroatoms. The van der Waals surface area contributed by atoms with E-state index in [0.29, 0.717) is 5.92 Å². The molecule has 1 saturated carbocycles. The quantitative estimate of drug-likeness (QED) is 0.580. The monoisotopic (exact) mass is 458 g/mol. The molecule has 0 radical (unpaired) electrons. The van der Waals surface area contributed by atoms with Crippen LogP contribution in [-0.2, 0) is 14.3 Å². The summed E-state index contributed by atoms with van der Waals surface area (Å²) in [5, 5.41) is 20.7. The summed E-state index contributed by atoms with van der Waals surface area (Å²) in [6.07, 6.45) is 0.480. The van der Waals surface area contributed by atoms with Gasteiger partial charge in [0.25, 0.3) is 0 Å². The molecular formula is C25H30O8. The van der Waals surface area contributed by atoms with Crippen LogP contribution in [0.3, 0.4) is 0 Å². The third-order valence-electron chi connectivity index (χ3n) is 6.73. The van der Waals surface area contributed by atoms with Gasteiger partial charge in [-0.25, -0.2) is 4.79 Å². The first-order chi connectivity index (χ1) is 16.0. The molecule has 1 saturated heterocycles. The summed E-state index contributed by atoms with van der Waals surface area (Å²) in [5.74, 6) is 0.518. The first kappa shape index (κ1) is 23.5. The fraction of sp³-hybridized carbons (Fsp3) is 0.520. The molecule has 2 aromatic rings. The lowest BCUT2D eigenvalue weighted by atomic mass is 9.76. The normalized spacial score (nSPS) is 29.5. The summed E-state index contributed by atoms with van der Waals surface area (Å²) in [6, 6.07) is 11.0. The van der Waals surface area contributed by atoms with Gasteiger partial charge in [0.2, 0.25) is 5.76 Å². The molecule has 0 spiro atoms. The van der Waals surface area contributed by atoms with Crippen molar-refractivity contribution in [1.29, 1.82) is 0 Å². The number of hydrogen-bond acceptors (Lipinski definition) is 8. The van der Waals surface area contributed by atoms with Crippen LogP contribution in [0, 0.1) is 5.92 Å². The van der Waals surface area contributed by atoms with Crippen LogP contribution in [0.15, 0.2) is 47.1 Å². The molecule has 2 heterocycles. The Morgan fingerprint density at radius 2 is 1.73 bits per heavy atom. The van der Waals surface area contributed by atoms with Gasteiger partial charge in [0.15, 0.2) is 0 Å². The molecule has 178 valence electrons. The Morgan fingerprint density at radius 1 is 1.00 bits per heavy atom. The highest BCUT2D eigenvalue weighted by Crippen LogP contribution is 2.40. The number of carbonyl (C=O) groups excluding carboxylic acids is 2. The predicted octanol–water partition coefficient (Wildman–Crippen LogP) is 2.87. The van der Waals surface area contributed by atoms with E-state index < -0.39 is 30.4 Å². The Hall–Kier alpha value is -2.68. The topological polar surface area (TPSA) is 115 Å². The molecule has 2 aliphatic rings. The van der Waals surface area contributed by atoms with Crippen molar-refractivity contribution in [3.05, 3.63) is 54.0 Å². The molecule has 8 nitrogen and oxygen atoms in total. The standard InChI is InChI=1S/C25H30O8/c1-30-19-6-3-2-5-17(19)15-8-10-16(11-9-15)18(26)13-21-23(27)24(28)22(33-21)14-32-25(29)20-7-4-12-31-20/h2-7,12,15-16,21-24,27-28H,8-11,13-14H2,1H3/t15?,16?,21?,22?,23-,24+/m0/s1. The maximum absolute atomic E-state index is 12.9. The van der Waals surface area contributed by atoms with Crippen molar-refractivity contribution in [2.45, 2.75) is 62.4 Å². The van der Waals surface area contributed by atoms with Crippen LogP contribution in [0.4, 0.5) is 0 Å². The highest BCUT2D eigenvalue weighted by atomic mass is 16.6. The molecule has 1 aliphatic carbocycles. The zero-order chi connectivity index (χ0) is 23.4. The molecule has 2 fully saturated rings. The second-order valence-corrected chi connectivity index (χ2v) is 8.73. The maximum Gasteiger partial charge on any atom is 0.374 e. The summed E-state index contributed by atoms with van der Waals surface area (Å²) in [7, 11) is 1.67. The van der Waals surface area contributed by atoms with E-state index in [9.17, 15) is 19.8 Å². The number of hydrogen-bond donors (Lipinski definition) is 2. The average Bonchev–Trinajstić information content (AvgIpc) is 3.48. The van der Waals surface area contributed by atoms with Crippen molar-refractivity contribution < 1.29 is 38.4 Å². The van der Waals surface area contributed by atoms with Crippen LogP contribution in [0.1, 0.15) is 54.1 Å². The van der Waals surface area contributed by atoms with E-state index in [2.05, 4.69) is 6.07 Å². The van der Waals surface area contributed by atoms with Gasteiger partial charge in [-0.1, -0.05) is 18.2 Å². The van der Waals surface area contributed by atoms with Gasteiger partial charge in [0.1, 0.15) is 36.5 Å². The van der Waals surface area contributed by atoms with Crippen molar-refractivity contribution in [1.82, 2.24) is 0 Å². The van der Waals surface area contributed by atoms with Crippen LogP contribution < -0.4 is 4.74 Å². The summed E-state index contributed by atoms with van der Waals surface area (Å²) in [5.41, 5.74) is 1.18. The lowest BCUT2D eigenvalue weighted by molar-refractivity contribution is -0.128. The zero-order valence-corrected chi connectivity index (χ0v) is 18.6. The minimum atomic E-state index is -1.24. The Balaban J connectivity index is 1.26. The van der Waals surface area contributed by atoms with Crippen LogP contribution in [0.2, 0.25) is 0 Å². The molecule has 2 unspecified atom stereocenters. The zero-order valence-electron chi connectivity index (χ0n) is 18.6. The summed E-state index contributed by atoms with van der Waals surface area (Å²) in [4.78, 5) is 24.8. The minimum absolute atomic E-state index is 0.0187. The molecule has 4 rings (SSSR count). The van der Waals surface area contributed by atoms with Gasteiger partial charge in [-0.2, -0.15) is 0 Å². The van der Waals surface area contributed by atoms with Crippen molar-refractivity contribution in [3.8, 4) is 5.75 Å². The molecule has 1 aromatic carbocycles. The van der Waals surface area contributed by atoms with Crippen molar-refractivity contribution >= 4 is 11.8 Å². The number of esters is 1. The van der Waals surface area contributed by atoms with Crippen molar-refractivity contribution in [3.63, 3.8) is 0 Å². The SMILES string of the molecule is COc1ccccc1C1CCC(C(=O)CC2OC(COC(=O)c3ccco3)[C@@H](O)[C@H]2O)CC1. The number of ether oxygens (including phenoxy) is 3. The predicted molar refractivity (Wildman–Crippen MR) is 117 cm³/mol. The van der Waals surface area contributed by atoms with Crippen LogP contribution in [0.5, 0.6) is 5.75 Å². The number of ketones is 1. The summed E-state index contributed by atoms with van der Waals surface area (Å²) in [6.45, 7) is -0.244. The van der Waals surface area contributed by atoms with E-state index in [4.69, 9.17) is 18.6 Å². The lowest BCUT2D eigenvalue weighted by Crippen LogP contribution is -2.36. The number of para-hydroxylation sites is 1. The second-order valence-electron chi connectivity index (χ2n) is 8.73. The largest absolute Gasteiger partial charge is 0.496 e. The average molecular weight is 459 g/mol. The first-order valence-electron chi connectivity index (χ1n) is 11.4. The molecule has 0 amide bonds. The van der Waals surface area contributed by atoms with E-state index in [1.54, 1.807) is 13.2 Å². The minimum Gasteiger partial charge on any atom is -0.496 e. The summed E-state index contributed by atoms with van der Waals surface area (Å²) >= 11 is 0. The molecule has 1 aliphatic heterocycles. The van der Waals surface area contributed by atoms with Gasteiger partial charge >= 0.3 is 5.97 Å². The Kier molecular flexibility index (Phi) is 7.47. The van der Waals surface area contributed by atoms with Gasteiger partial charge in [0.05, 0.1) is 19.5 Å². The first-order valence-corrected chi connectivity index (χ1v) is 11.4. The third kappa shape index (κ3) is 5.29. The van der Waals surface area contributed by atoms with Crippen molar-refractivity contribution in [2.75, 3.05) is 13.7 Å². The number of methoxy groups -OCH3 is 1. The van der Waals surface area contributed by atoms with Gasteiger partial charge in [0, 0.05) is 12.3 Å². The van der Waals surface area contributed by atoms with Crippen LogP contribution in [0.25, 0.3) is 0 Å². The van der Waals surface area contributed by atoms with Crippen LogP contribution in [-0.4, -0.2) is 60.1 Å². The highest BCUT2D eigenvalue weighted by molar-refractivity contribution is 5.86. The van der Waals surface area contributed by atoms with Crippen LogP contribution >= 0.6 is 0 Å². The Bertz CT molecular complexity index is 932. The molecule has 2 N–H and O–H groups in total. The number of aliphatic hydroxyl groups excluding tert-OH is 2. The molecular weight excluding hydrogens is 428 g/mol. The molecule has 4 atom stereocenters. The van der Waals surface area contributed by atoms with E-state index in [1.807, 2.05) is 18.2 Å². The fourth-order valence-corrected chi connectivity index (χ4v) is 4.85. The highest BCUT2D eigenvalue weighted by Gasteiger charge is 2.44. The number of Topliss-reactive ketones (excluding diaryl/α,β-unsaturated/α-hetero) is 1. The number of benzene rings is 1. The van der Waals surface area contributed by atoms with Gasteiger partial charge in [-0.05, 0) is 55.4 Å². The van der Waals surface area contributed by atoms with E-state index in [1.165, 1.54) is 17.9 Å². The van der Waals surface area contributed by atoms with E-state index in [-0.39, 0.29) is 30.5 Å². The van der Waals surface area contributed by atoms with Gasteiger partial charge < -0.3 is 28.8 Å². The van der Waals surface area contributed by atoms with Gasteiger partial charge in [-0.3, -0.25) is 4.79 Å². The molecule has 1 aromatic heterocycles. The Morgan fingerprint density at radius 3 is 2.42 bits per heavy atom. The van der Waals surface area contributed by atoms with E-state index in [0.717, 1.165) is 31.4 Å². The fourth-order valence-electron chi connectivity index (χ4n) is 4.85. The number of rotatable bonds is 8. The number of furan rings is 1. The third-order valence-corrected chi connectivity index (χ3v) is 6.73. The smallest absolute Gasteiger partial charge is 0.374 e. The number of carbonyl (C=O) groups is 2. The summed E-state index contributed by atoms with van der Waals surface area (Å²) < 4.78 is 21.2. The molecule has 33 heavy (non-hydrogen) atoms. The molecule has 0 bridgehead atoms. The maximum atomic E-state index is 12.9. The second kappa shape index (κ2) is 10.5. The lowest BCUT2D eigenvalue weighted by Gasteiger charge is -2.29. The van der Waals surface area contributed by atoms with Crippen molar-refractivity contribution in [2.24, 2.45) is 5.92 Å². The number of aliphatic hydroxyl groups is 2. The van der Waals surface area contributed by atoms with Gasteiger partial charge in [-0.15, -0.1) is 0 Å².